The Hall–Kier alpha value is -0.540. The molecule has 0 spiro atoms. The van der Waals surface area contributed by atoms with Gasteiger partial charge in [-0.15, -0.1) is 0 Å². The van der Waals surface area contributed by atoms with Crippen LogP contribution in [-0.4, -0.2) is 12.6 Å². The number of rotatable bonds is 3. The molecule has 0 saturated heterocycles. The summed E-state index contributed by atoms with van der Waals surface area (Å²) in [5, 5.41) is 3.73. The maximum atomic E-state index is 5.79. The van der Waals surface area contributed by atoms with Crippen molar-refractivity contribution in [1.82, 2.24) is 5.32 Å². The summed E-state index contributed by atoms with van der Waals surface area (Å²) < 4.78 is 6.95. The molecular weight excluding hydrogens is 302 g/mol. The third-order valence-corrected chi connectivity index (χ3v) is 5.30. The van der Waals surface area contributed by atoms with E-state index in [1.807, 2.05) is 0 Å². The van der Waals surface area contributed by atoms with Crippen LogP contribution in [0.3, 0.4) is 0 Å². The summed E-state index contributed by atoms with van der Waals surface area (Å²) in [6, 6.07) is 5.04. The quantitative estimate of drug-likeness (QED) is 0.910. The molecule has 3 atom stereocenters. The zero-order valence-corrected chi connectivity index (χ0v) is 13.3. The predicted octanol–water partition coefficient (Wildman–Crippen LogP) is 3.91. The van der Waals surface area contributed by atoms with E-state index in [1.54, 1.807) is 0 Å². The second-order valence-corrected chi connectivity index (χ2v) is 6.97. The highest BCUT2D eigenvalue weighted by atomic mass is 79.9. The number of hydrogen-bond acceptors (Lipinski definition) is 2. The van der Waals surface area contributed by atoms with Crippen molar-refractivity contribution in [2.45, 2.75) is 45.7 Å². The minimum Gasteiger partial charge on any atom is -0.493 e. The van der Waals surface area contributed by atoms with Gasteiger partial charge in [0, 0.05) is 29.0 Å². The standard InChI is InChI=1S/C16H22BrNO/c1-10-3-4-15(11(10)2)18-9-13-8-14(17)7-12-5-6-19-16(12)13/h7-8,10-11,15,18H,3-6,9H2,1-2H3. The number of ether oxygens (including phenoxy) is 1. The van der Waals surface area contributed by atoms with E-state index >= 15 is 0 Å². The fourth-order valence-electron chi connectivity index (χ4n) is 3.37. The Morgan fingerprint density at radius 2 is 2.16 bits per heavy atom. The van der Waals surface area contributed by atoms with Gasteiger partial charge in [-0.25, -0.2) is 0 Å². The average Bonchev–Trinajstić information content (AvgIpc) is 2.96. The van der Waals surface area contributed by atoms with E-state index in [0.29, 0.717) is 6.04 Å². The van der Waals surface area contributed by atoms with E-state index in [0.717, 1.165) is 37.2 Å². The minimum absolute atomic E-state index is 0.658. The van der Waals surface area contributed by atoms with Crippen molar-refractivity contribution < 1.29 is 4.74 Å². The summed E-state index contributed by atoms with van der Waals surface area (Å²) in [5.41, 5.74) is 2.65. The van der Waals surface area contributed by atoms with Crippen LogP contribution in [-0.2, 0) is 13.0 Å². The van der Waals surface area contributed by atoms with Gasteiger partial charge in [0.2, 0.25) is 0 Å². The Labute approximate surface area is 124 Å². The van der Waals surface area contributed by atoms with Gasteiger partial charge < -0.3 is 10.1 Å². The highest BCUT2D eigenvalue weighted by molar-refractivity contribution is 9.10. The van der Waals surface area contributed by atoms with E-state index < -0.39 is 0 Å². The maximum Gasteiger partial charge on any atom is 0.127 e. The predicted molar refractivity (Wildman–Crippen MR) is 81.5 cm³/mol. The van der Waals surface area contributed by atoms with Crippen molar-refractivity contribution in [1.29, 1.82) is 0 Å². The number of nitrogens with one attached hydrogen (secondary N) is 1. The Kier molecular flexibility index (Phi) is 3.86. The zero-order chi connectivity index (χ0) is 13.4. The van der Waals surface area contributed by atoms with Crippen LogP contribution < -0.4 is 10.1 Å². The van der Waals surface area contributed by atoms with Crippen LogP contribution in [0.4, 0.5) is 0 Å². The van der Waals surface area contributed by atoms with Gasteiger partial charge in [0.1, 0.15) is 5.75 Å². The molecule has 1 aromatic carbocycles. The van der Waals surface area contributed by atoms with Crippen LogP contribution in [0.25, 0.3) is 0 Å². The van der Waals surface area contributed by atoms with Gasteiger partial charge >= 0.3 is 0 Å². The summed E-state index contributed by atoms with van der Waals surface area (Å²) in [7, 11) is 0. The maximum absolute atomic E-state index is 5.79. The molecule has 0 bridgehead atoms. The van der Waals surface area contributed by atoms with Crippen molar-refractivity contribution in [3.8, 4) is 5.75 Å². The van der Waals surface area contributed by atoms with Crippen LogP contribution in [0.2, 0.25) is 0 Å². The van der Waals surface area contributed by atoms with E-state index in [4.69, 9.17) is 4.74 Å². The molecule has 0 amide bonds. The Balaban J connectivity index is 1.71. The highest BCUT2D eigenvalue weighted by Gasteiger charge is 2.29. The van der Waals surface area contributed by atoms with Gasteiger partial charge in [-0.2, -0.15) is 0 Å². The molecule has 3 unspecified atom stereocenters. The lowest BCUT2D eigenvalue weighted by Gasteiger charge is -2.20. The van der Waals surface area contributed by atoms with Crippen LogP contribution in [0, 0.1) is 11.8 Å². The SMILES string of the molecule is CC1CCC(NCc2cc(Br)cc3c2OCC3)C1C. The molecule has 104 valence electrons. The molecule has 1 N–H and O–H groups in total. The van der Waals surface area contributed by atoms with Crippen LogP contribution in [0.15, 0.2) is 16.6 Å². The molecule has 2 nitrogen and oxygen atoms in total. The number of halogens is 1. The van der Waals surface area contributed by atoms with Gasteiger partial charge in [-0.1, -0.05) is 29.8 Å². The van der Waals surface area contributed by atoms with Gasteiger partial charge in [0.15, 0.2) is 0 Å². The minimum atomic E-state index is 0.658. The molecule has 0 radical (unpaired) electrons. The Morgan fingerprint density at radius 1 is 1.32 bits per heavy atom. The van der Waals surface area contributed by atoms with Crippen molar-refractivity contribution in [2.24, 2.45) is 11.8 Å². The monoisotopic (exact) mass is 323 g/mol. The van der Waals surface area contributed by atoms with E-state index in [9.17, 15) is 0 Å². The molecule has 1 heterocycles. The lowest BCUT2D eigenvalue weighted by atomic mass is 9.97. The molecule has 19 heavy (non-hydrogen) atoms. The highest BCUT2D eigenvalue weighted by Crippen LogP contribution is 2.34. The average molecular weight is 324 g/mol. The smallest absolute Gasteiger partial charge is 0.127 e. The lowest BCUT2D eigenvalue weighted by molar-refractivity contribution is 0.345. The summed E-state index contributed by atoms with van der Waals surface area (Å²) >= 11 is 3.61. The van der Waals surface area contributed by atoms with E-state index in [1.165, 1.54) is 28.4 Å². The molecule has 3 rings (SSSR count). The normalized spacial score (nSPS) is 29.3. The van der Waals surface area contributed by atoms with Crippen LogP contribution >= 0.6 is 15.9 Å². The van der Waals surface area contributed by atoms with Gasteiger partial charge in [0.25, 0.3) is 0 Å². The Morgan fingerprint density at radius 3 is 2.89 bits per heavy atom. The van der Waals surface area contributed by atoms with Crippen molar-refractivity contribution in [3.05, 3.63) is 27.7 Å². The molecule has 1 aromatic rings. The molecule has 2 aliphatic rings. The van der Waals surface area contributed by atoms with Gasteiger partial charge in [0.05, 0.1) is 6.61 Å². The van der Waals surface area contributed by atoms with Gasteiger partial charge in [-0.3, -0.25) is 0 Å². The second-order valence-electron chi connectivity index (χ2n) is 6.05. The number of hydrogen-bond donors (Lipinski definition) is 1. The fourth-order valence-corrected chi connectivity index (χ4v) is 3.92. The largest absolute Gasteiger partial charge is 0.493 e. The first-order valence-electron chi connectivity index (χ1n) is 7.32. The molecular formula is C16H22BrNO. The van der Waals surface area contributed by atoms with Crippen molar-refractivity contribution in [2.75, 3.05) is 6.61 Å². The Bertz CT molecular complexity index is 474. The zero-order valence-electron chi connectivity index (χ0n) is 11.7. The lowest BCUT2D eigenvalue weighted by Crippen LogP contribution is -2.32. The number of fused-ring (bicyclic) bond motifs is 1. The molecule has 3 heteroatoms. The summed E-state index contributed by atoms with van der Waals surface area (Å²) in [5.74, 6) is 2.75. The van der Waals surface area contributed by atoms with Crippen molar-refractivity contribution >= 4 is 15.9 Å². The van der Waals surface area contributed by atoms with Crippen molar-refractivity contribution in [3.63, 3.8) is 0 Å². The van der Waals surface area contributed by atoms with Gasteiger partial charge in [-0.05, 0) is 42.4 Å². The van der Waals surface area contributed by atoms with E-state index in [2.05, 4.69) is 47.2 Å². The fraction of sp³-hybridized carbons (Fsp3) is 0.625. The third kappa shape index (κ3) is 2.68. The molecule has 1 aliphatic carbocycles. The topological polar surface area (TPSA) is 21.3 Å². The third-order valence-electron chi connectivity index (χ3n) is 4.85. The van der Waals surface area contributed by atoms with E-state index in [-0.39, 0.29) is 0 Å². The molecule has 1 saturated carbocycles. The first-order chi connectivity index (χ1) is 9.15. The summed E-state index contributed by atoms with van der Waals surface area (Å²) in [4.78, 5) is 0. The first kappa shape index (κ1) is 13.4. The molecule has 1 fully saturated rings. The molecule has 1 aliphatic heterocycles. The number of benzene rings is 1. The first-order valence-corrected chi connectivity index (χ1v) is 8.12. The molecule has 0 aromatic heterocycles. The summed E-state index contributed by atoms with van der Waals surface area (Å²) in [6.07, 6.45) is 3.70. The second kappa shape index (κ2) is 5.45. The summed E-state index contributed by atoms with van der Waals surface area (Å²) in [6.45, 7) is 6.49. The van der Waals surface area contributed by atoms with Crippen LogP contribution in [0.1, 0.15) is 37.8 Å². The van der Waals surface area contributed by atoms with Crippen LogP contribution in [0.5, 0.6) is 5.75 Å².